The summed E-state index contributed by atoms with van der Waals surface area (Å²) >= 11 is 0. The Hall–Kier alpha value is -3.41. The monoisotopic (exact) mass is 419 g/mol. The van der Waals surface area contributed by atoms with Gasteiger partial charge in [-0.1, -0.05) is 49.4 Å². The van der Waals surface area contributed by atoms with E-state index >= 15 is 0 Å². The second kappa shape index (κ2) is 9.16. The van der Waals surface area contributed by atoms with Crippen LogP contribution in [0.4, 0.5) is 0 Å². The molecular weight excluding hydrogens is 394 g/mol. The topological polar surface area (TPSA) is 76.8 Å². The molecule has 0 radical (unpaired) electrons. The maximum atomic E-state index is 12.6. The number of carbonyl (C=O) groups is 2. The van der Waals surface area contributed by atoms with Crippen LogP contribution in [0.15, 0.2) is 63.8 Å². The molecule has 3 aromatic rings. The van der Waals surface area contributed by atoms with Crippen molar-refractivity contribution < 1.29 is 18.7 Å². The van der Waals surface area contributed by atoms with Crippen LogP contribution in [-0.4, -0.2) is 29.9 Å². The number of fused-ring (bicyclic) bond motifs is 1. The summed E-state index contributed by atoms with van der Waals surface area (Å²) in [5.41, 5.74) is 2.83. The molecule has 160 valence electrons. The fraction of sp³-hybridized carbons (Fsp3) is 0.320. The van der Waals surface area contributed by atoms with Crippen LogP contribution in [0.25, 0.3) is 11.0 Å². The standard InChI is InChI=1S/C25H25NO5/c1-2-17-8-9-21-20(14-24(28)31-22(21)12-17)16-30-25(29)19-13-23(27)26(15-19)11-10-18-6-4-3-5-7-18/h3-9,12,14,19H,2,10-11,13,15-16H2,1H3/t19-/m1/s1. The summed E-state index contributed by atoms with van der Waals surface area (Å²) in [7, 11) is 0. The van der Waals surface area contributed by atoms with E-state index in [-0.39, 0.29) is 18.9 Å². The van der Waals surface area contributed by atoms with Crippen LogP contribution in [0, 0.1) is 5.92 Å². The molecule has 6 heteroatoms. The molecule has 31 heavy (non-hydrogen) atoms. The number of amides is 1. The fourth-order valence-electron chi connectivity index (χ4n) is 3.94. The van der Waals surface area contributed by atoms with E-state index < -0.39 is 17.5 Å². The second-order valence-corrected chi connectivity index (χ2v) is 7.86. The van der Waals surface area contributed by atoms with E-state index in [1.54, 1.807) is 4.90 Å². The minimum absolute atomic E-state index is 0.0267. The Kier molecular flexibility index (Phi) is 6.16. The van der Waals surface area contributed by atoms with Crippen LogP contribution < -0.4 is 5.63 Å². The highest BCUT2D eigenvalue weighted by atomic mass is 16.5. The summed E-state index contributed by atoms with van der Waals surface area (Å²) in [5.74, 6) is -0.931. The molecule has 4 rings (SSSR count). The molecule has 1 saturated heterocycles. The lowest BCUT2D eigenvalue weighted by Crippen LogP contribution is -2.28. The molecule has 1 aliphatic rings. The third-order valence-electron chi connectivity index (χ3n) is 5.73. The van der Waals surface area contributed by atoms with Gasteiger partial charge < -0.3 is 14.1 Å². The summed E-state index contributed by atoms with van der Waals surface area (Å²) in [6.07, 6.45) is 1.74. The van der Waals surface area contributed by atoms with Gasteiger partial charge in [0, 0.05) is 36.5 Å². The molecule has 1 atom stereocenters. The van der Waals surface area contributed by atoms with Crippen LogP contribution in [0.2, 0.25) is 0 Å². The lowest BCUT2D eigenvalue weighted by atomic mass is 10.1. The predicted molar refractivity (Wildman–Crippen MR) is 116 cm³/mol. The van der Waals surface area contributed by atoms with Crippen LogP contribution >= 0.6 is 0 Å². The molecule has 2 heterocycles. The van der Waals surface area contributed by atoms with Crippen molar-refractivity contribution in [1.29, 1.82) is 0 Å². The number of nitrogens with zero attached hydrogens (tertiary/aromatic N) is 1. The number of aryl methyl sites for hydroxylation is 1. The van der Waals surface area contributed by atoms with E-state index in [9.17, 15) is 14.4 Å². The Morgan fingerprint density at radius 2 is 1.90 bits per heavy atom. The normalized spacial score (nSPS) is 16.1. The Morgan fingerprint density at radius 1 is 1.10 bits per heavy atom. The van der Waals surface area contributed by atoms with Gasteiger partial charge in [0.25, 0.3) is 0 Å². The average molecular weight is 419 g/mol. The van der Waals surface area contributed by atoms with Crippen LogP contribution in [0.5, 0.6) is 0 Å². The largest absolute Gasteiger partial charge is 0.461 e. The zero-order valence-electron chi connectivity index (χ0n) is 17.5. The molecular formula is C25H25NO5. The number of benzene rings is 2. The maximum Gasteiger partial charge on any atom is 0.336 e. The fourth-order valence-corrected chi connectivity index (χ4v) is 3.94. The first-order chi connectivity index (χ1) is 15.0. The predicted octanol–water partition coefficient (Wildman–Crippen LogP) is 3.49. The van der Waals surface area contributed by atoms with Crippen LogP contribution in [0.1, 0.15) is 30.0 Å². The lowest BCUT2D eigenvalue weighted by molar-refractivity contribution is -0.149. The van der Waals surface area contributed by atoms with E-state index in [0.717, 1.165) is 29.4 Å². The minimum Gasteiger partial charge on any atom is -0.461 e. The molecule has 1 aromatic heterocycles. The van der Waals surface area contributed by atoms with E-state index in [0.29, 0.717) is 24.2 Å². The summed E-state index contributed by atoms with van der Waals surface area (Å²) in [6.45, 7) is 2.94. The summed E-state index contributed by atoms with van der Waals surface area (Å²) in [4.78, 5) is 38.6. The number of ether oxygens (including phenoxy) is 1. The number of hydrogen-bond donors (Lipinski definition) is 0. The zero-order chi connectivity index (χ0) is 21.8. The number of esters is 1. The molecule has 0 saturated carbocycles. The van der Waals surface area contributed by atoms with E-state index in [1.807, 2.05) is 55.5 Å². The zero-order valence-corrected chi connectivity index (χ0v) is 17.5. The molecule has 1 aliphatic heterocycles. The highest BCUT2D eigenvalue weighted by Gasteiger charge is 2.35. The Morgan fingerprint density at radius 3 is 2.68 bits per heavy atom. The molecule has 1 amide bonds. The van der Waals surface area contributed by atoms with E-state index in [1.165, 1.54) is 6.07 Å². The second-order valence-electron chi connectivity index (χ2n) is 7.86. The Balaban J connectivity index is 1.38. The van der Waals surface area contributed by atoms with Crippen molar-refractivity contribution in [3.8, 4) is 0 Å². The van der Waals surface area contributed by atoms with E-state index in [4.69, 9.17) is 9.15 Å². The lowest BCUT2D eigenvalue weighted by Gasteiger charge is -2.16. The van der Waals surface area contributed by atoms with Crippen molar-refractivity contribution in [3.63, 3.8) is 0 Å². The summed E-state index contributed by atoms with van der Waals surface area (Å²) in [5, 5.41) is 0.747. The highest BCUT2D eigenvalue weighted by molar-refractivity contribution is 5.87. The average Bonchev–Trinajstić information content (AvgIpc) is 3.16. The van der Waals surface area contributed by atoms with Gasteiger partial charge in [0.05, 0.1) is 5.92 Å². The van der Waals surface area contributed by atoms with E-state index in [2.05, 4.69) is 0 Å². The van der Waals surface area contributed by atoms with Crippen molar-refractivity contribution in [2.24, 2.45) is 5.92 Å². The Labute approximate surface area is 180 Å². The highest BCUT2D eigenvalue weighted by Crippen LogP contribution is 2.23. The molecule has 0 aliphatic carbocycles. The SMILES string of the molecule is CCc1ccc2c(COC(=O)[C@@H]3CC(=O)N(CCc4ccccc4)C3)cc(=O)oc2c1. The summed E-state index contributed by atoms with van der Waals surface area (Å²) < 4.78 is 10.8. The van der Waals surface area contributed by atoms with Crippen molar-refractivity contribution in [1.82, 2.24) is 4.90 Å². The molecule has 2 aromatic carbocycles. The molecule has 0 unspecified atom stereocenters. The Bertz CT molecular complexity index is 1150. The third-order valence-corrected chi connectivity index (χ3v) is 5.73. The number of hydrogen-bond acceptors (Lipinski definition) is 5. The van der Waals surface area contributed by atoms with Crippen molar-refractivity contribution in [3.05, 3.63) is 81.7 Å². The van der Waals surface area contributed by atoms with Gasteiger partial charge in [0.1, 0.15) is 12.2 Å². The number of rotatable bonds is 7. The van der Waals surface area contributed by atoms with Gasteiger partial charge in [0.2, 0.25) is 5.91 Å². The number of carbonyl (C=O) groups excluding carboxylic acids is 2. The van der Waals surface area contributed by atoms with Gasteiger partial charge in [-0.05, 0) is 30.0 Å². The number of likely N-dealkylation sites (tertiary alicyclic amines) is 1. The third kappa shape index (κ3) is 4.85. The van der Waals surface area contributed by atoms with Crippen molar-refractivity contribution in [2.45, 2.75) is 32.8 Å². The van der Waals surface area contributed by atoms with Gasteiger partial charge in [0.15, 0.2) is 0 Å². The first-order valence-corrected chi connectivity index (χ1v) is 10.6. The molecule has 1 fully saturated rings. The molecule has 0 bridgehead atoms. The quantitative estimate of drug-likeness (QED) is 0.433. The van der Waals surface area contributed by atoms with Crippen molar-refractivity contribution in [2.75, 3.05) is 13.1 Å². The minimum atomic E-state index is -0.485. The van der Waals surface area contributed by atoms with Gasteiger partial charge in [-0.25, -0.2) is 4.79 Å². The molecule has 6 nitrogen and oxygen atoms in total. The smallest absolute Gasteiger partial charge is 0.336 e. The first-order valence-electron chi connectivity index (χ1n) is 10.6. The van der Waals surface area contributed by atoms with Gasteiger partial charge in [-0.15, -0.1) is 0 Å². The maximum absolute atomic E-state index is 12.6. The van der Waals surface area contributed by atoms with Crippen molar-refractivity contribution >= 4 is 22.8 Å². The van der Waals surface area contributed by atoms with Gasteiger partial charge in [-0.2, -0.15) is 0 Å². The van der Waals surface area contributed by atoms with Gasteiger partial charge in [-0.3, -0.25) is 9.59 Å². The molecule has 0 N–H and O–H groups in total. The van der Waals surface area contributed by atoms with Crippen LogP contribution in [0.3, 0.4) is 0 Å². The summed E-state index contributed by atoms with van der Waals surface area (Å²) in [6, 6.07) is 17.0. The van der Waals surface area contributed by atoms with Gasteiger partial charge >= 0.3 is 11.6 Å². The van der Waals surface area contributed by atoms with Crippen LogP contribution in [-0.2, 0) is 33.8 Å². The molecule has 0 spiro atoms. The first kappa shape index (κ1) is 20.8.